The van der Waals surface area contributed by atoms with E-state index in [-0.39, 0.29) is 18.3 Å². The van der Waals surface area contributed by atoms with Gasteiger partial charge in [-0.15, -0.1) is 23.7 Å². The molecule has 1 aromatic heterocycles. The fraction of sp³-hybridized carbons (Fsp3) is 0.500. The zero-order valence-electron chi connectivity index (χ0n) is 12.9. The number of hydrogen-bond acceptors (Lipinski definition) is 4. The van der Waals surface area contributed by atoms with Crippen LogP contribution in [0.1, 0.15) is 50.5 Å². The van der Waals surface area contributed by atoms with Crippen molar-refractivity contribution in [3.8, 4) is 0 Å². The van der Waals surface area contributed by atoms with Gasteiger partial charge >= 0.3 is 0 Å². The van der Waals surface area contributed by atoms with E-state index in [9.17, 15) is 4.79 Å². The van der Waals surface area contributed by atoms with Crippen LogP contribution in [0.4, 0.5) is 5.69 Å². The zero-order valence-corrected chi connectivity index (χ0v) is 14.5. The van der Waals surface area contributed by atoms with Gasteiger partial charge in [-0.2, -0.15) is 0 Å². The molecule has 0 unspecified atom stereocenters. The van der Waals surface area contributed by atoms with E-state index in [1.807, 2.05) is 18.2 Å². The van der Waals surface area contributed by atoms with Gasteiger partial charge in [-0.25, -0.2) is 4.98 Å². The quantitative estimate of drug-likeness (QED) is 0.886. The van der Waals surface area contributed by atoms with Gasteiger partial charge in [0.25, 0.3) is 0 Å². The number of hydrogen-bond donors (Lipinski definition) is 2. The first-order chi connectivity index (χ1) is 9.98. The lowest BCUT2D eigenvalue weighted by Crippen LogP contribution is -2.48. The molecule has 0 atom stereocenters. The normalized spacial score (nSPS) is 16.7. The first kappa shape index (κ1) is 17.2. The average molecular weight is 340 g/mol. The van der Waals surface area contributed by atoms with Crippen molar-refractivity contribution >= 4 is 45.6 Å². The maximum Gasteiger partial charge on any atom is 0.244 e. The fourth-order valence-corrected chi connectivity index (χ4v) is 3.76. The number of nitrogens with one attached hydrogen (secondary N) is 1. The number of anilines is 1. The number of carbonyl (C=O) groups excluding carboxylic acids is 1. The number of amides is 1. The Morgan fingerprint density at radius 1 is 1.36 bits per heavy atom. The van der Waals surface area contributed by atoms with Gasteiger partial charge in [-0.05, 0) is 31.0 Å². The number of nitrogens with two attached hydrogens (primary N) is 1. The molecule has 6 heteroatoms. The van der Waals surface area contributed by atoms with Crippen LogP contribution in [0.15, 0.2) is 18.2 Å². The molecule has 22 heavy (non-hydrogen) atoms. The molecule has 1 saturated carbocycles. The molecule has 120 valence electrons. The van der Waals surface area contributed by atoms with Crippen LogP contribution in [0.2, 0.25) is 0 Å². The van der Waals surface area contributed by atoms with Crippen molar-refractivity contribution in [3.63, 3.8) is 0 Å². The van der Waals surface area contributed by atoms with Gasteiger partial charge < -0.3 is 11.1 Å². The molecule has 1 aliphatic rings. The highest BCUT2D eigenvalue weighted by Gasteiger charge is 2.36. The van der Waals surface area contributed by atoms with Gasteiger partial charge in [-0.1, -0.05) is 26.7 Å². The first-order valence-electron chi connectivity index (χ1n) is 7.49. The SMILES string of the molecule is CC(C)c1nc2ccc(NC(=O)C3(N)CCCC3)cc2s1.Cl. The van der Waals surface area contributed by atoms with E-state index in [0.717, 1.165) is 46.6 Å². The molecular weight excluding hydrogens is 318 g/mol. The summed E-state index contributed by atoms with van der Waals surface area (Å²) < 4.78 is 1.11. The smallest absolute Gasteiger partial charge is 0.244 e. The molecule has 4 nitrogen and oxygen atoms in total. The third kappa shape index (κ3) is 3.26. The number of benzene rings is 1. The highest BCUT2D eigenvalue weighted by molar-refractivity contribution is 7.18. The molecule has 3 N–H and O–H groups in total. The molecule has 1 aliphatic carbocycles. The molecular formula is C16H22ClN3OS. The summed E-state index contributed by atoms with van der Waals surface area (Å²) in [5, 5.41) is 4.09. The lowest BCUT2D eigenvalue weighted by atomic mass is 9.98. The minimum Gasteiger partial charge on any atom is -0.324 e. The predicted molar refractivity (Wildman–Crippen MR) is 95.0 cm³/mol. The number of thiazole rings is 1. The monoisotopic (exact) mass is 339 g/mol. The Bertz CT molecular complexity index is 677. The van der Waals surface area contributed by atoms with Crippen molar-refractivity contribution in [3.05, 3.63) is 23.2 Å². The van der Waals surface area contributed by atoms with Crippen LogP contribution in [0.25, 0.3) is 10.2 Å². The van der Waals surface area contributed by atoms with Gasteiger partial charge in [0.1, 0.15) is 0 Å². The largest absolute Gasteiger partial charge is 0.324 e. The van der Waals surface area contributed by atoms with Crippen molar-refractivity contribution in [1.29, 1.82) is 0 Å². The van der Waals surface area contributed by atoms with Crippen LogP contribution in [-0.2, 0) is 4.79 Å². The van der Waals surface area contributed by atoms with Gasteiger partial charge in [0.05, 0.1) is 20.8 Å². The molecule has 0 bridgehead atoms. The molecule has 0 saturated heterocycles. The highest BCUT2D eigenvalue weighted by atomic mass is 35.5. The zero-order chi connectivity index (χ0) is 15.0. The topological polar surface area (TPSA) is 68.0 Å². The average Bonchev–Trinajstić information content (AvgIpc) is 3.05. The molecule has 0 radical (unpaired) electrons. The van der Waals surface area contributed by atoms with E-state index < -0.39 is 5.54 Å². The Morgan fingerprint density at radius 3 is 2.68 bits per heavy atom. The maximum absolute atomic E-state index is 12.3. The molecule has 1 heterocycles. The van der Waals surface area contributed by atoms with E-state index in [2.05, 4.69) is 24.1 Å². The second-order valence-electron chi connectivity index (χ2n) is 6.21. The standard InChI is InChI=1S/C16H21N3OS.ClH/c1-10(2)14-19-12-6-5-11(9-13(12)21-14)18-15(20)16(17)7-3-4-8-16;/h5-6,9-10H,3-4,7-8,17H2,1-2H3,(H,18,20);1H. The van der Waals surface area contributed by atoms with Gasteiger partial charge in [0, 0.05) is 11.6 Å². The van der Waals surface area contributed by atoms with Crippen molar-refractivity contribution < 1.29 is 4.79 Å². The van der Waals surface area contributed by atoms with E-state index in [4.69, 9.17) is 5.73 Å². The number of nitrogens with zero attached hydrogens (tertiary/aromatic N) is 1. The van der Waals surface area contributed by atoms with Crippen molar-refractivity contribution in [2.45, 2.75) is 51.0 Å². The molecule has 3 rings (SSSR count). The van der Waals surface area contributed by atoms with E-state index in [0.29, 0.717) is 5.92 Å². The Balaban J connectivity index is 0.00000176. The van der Waals surface area contributed by atoms with Crippen molar-refractivity contribution in [2.24, 2.45) is 5.73 Å². The van der Waals surface area contributed by atoms with Crippen LogP contribution in [0.3, 0.4) is 0 Å². The highest BCUT2D eigenvalue weighted by Crippen LogP contribution is 2.31. The summed E-state index contributed by atoms with van der Waals surface area (Å²) in [6.07, 6.45) is 3.63. The van der Waals surface area contributed by atoms with Gasteiger partial charge in [-0.3, -0.25) is 4.79 Å². The summed E-state index contributed by atoms with van der Waals surface area (Å²) in [5.41, 5.74) is 7.30. The van der Waals surface area contributed by atoms with Crippen LogP contribution in [0.5, 0.6) is 0 Å². The van der Waals surface area contributed by atoms with Gasteiger partial charge in [0.15, 0.2) is 0 Å². The predicted octanol–water partition coefficient (Wildman–Crippen LogP) is 4.05. The van der Waals surface area contributed by atoms with E-state index in [1.165, 1.54) is 0 Å². The van der Waals surface area contributed by atoms with E-state index in [1.54, 1.807) is 11.3 Å². The van der Waals surface area contributed by atoms with Gasteiger partial charge in [0.2, 0.25) is 5.91 Å². The van der Waals surface area contributed by atoms with Crippen molar-refractivity contribution in [1.82, 2.24) is 4.98 Å². The summed E-state index contributed by atoms with van der Waals surface area (Å²) in [5.74, 6) is 0.360. The third-order valence-corrected chi connectivity index (χ3v) is 5.42. The van der Waals surface area contributed by atoms with Crippen LogP contribution >= 0.6 is 23.7 Å². The minimum atomic E-state index is -0.689. The Hall–Kier alpha value is -1.17. The first-order valence-corrected chi connectivity index (χ1v) is 8.30. The Labute approximate surface area is 140 Å². The second-order valence-corrected chi connectivity index (χ2v) is 7.27. The van der Waals surface area contributed by atoms with Crippen molar-refractivity contribution in [2.75, 3.05) is 5.32 Å². The second kappa shape index (κ2) is 6.52. The number of carbonyl (C=O) groups is 1. The molecule has 2 aromatic rings. The maximum atomic E-state index is 12.3. The van der Waals surface area contributed by atoms with E-state index >= 15 is 0 Å². The van der Waals surface area contributed by atoms with Crippen LogP contribution in [-0.4, -0.2) is 16.4 Å². The minimum absolute atomic E-state index is 0. The summed E-state index contributed by atoms with van der Waals surface area (Å²) in [7, 11) is 0. The van der Waals surface area contributed by atoms with Crippen LogP contribution in [0, 0.1) is 0 Å². The number of rotatable bonds is 3. The Morgan fingerprint density at radius 2 is 2.05 bits per heavy atom. The molecule has 1 amide bonds. The molecule has 0 aliphatic heterocycles. The molecule has 1 aromatic carbocycles. The lowest BCUT2D eigenvalue weighted by Gasteiger charge is -2.22. The summed E-state index contributed by atoms with van der Waals surface area (Å²) >= 11 is 1.68. The van der Waals surface area contributed by atoms with Crippen LogP contribution < -0.4 is 11.1 Å². The lowest BCUT2D eigenvalue weighted by molar-refractivity contribution is -0.121. The number of aromatic nitrogens is 1. The number of fused-ring (bicyclic) bond motifs is 1. The summed E-state index contributed by atoms with van der Waals surface area (Å²) in [6.45, 7) is 4.28. The fourth-order valence-electron chi connectivity index (χ4n) is 2.76. The Kier molecular flexibility index (Phi) is 5.10. The number of halogens is 1. The molecule has 1 fully saturated rings. The third-order valence-electron chi connectivity index (χ3n) is 4.10. The summed E-state index contributed by atoms with van der Waals surface area (Å²) in [6, 6.07) is 5.86. The molecule has 0 spiro atoms. The summed E-state index contributed by atoms with van der Waals surface area (Å²) in [4.78, 5) is 16.9.